The van der Waals surface area contributed by atoms with E-state index in [0.29, 0.717) is 11.4 Å². The molecule has 0 aromatic heterocycles. The standard InChI is InChI=1S/C19H27FN4O4/c1-19(2,3)28-17(25)22-11-14-12-24(18(26)27-14)13-4-5-16(15(20)10-13)23-8-6-21-7-9-23/h4-5,10,14,21H,6-9,11-12H2,1-3H3,(H,22,25). The lowest BCUT2D eigenvalue weighted by Crippen LogP contribution is -2.43. The fourth-order valence-corrected chi connectivity index (χ4v) is 3.18. The summed E-state index contributed by atoms with van der Waals surface area (Å²) >= 11 is 0. The minimum absolute atomic E-state index is 0.124. The highest BCUT2D eigenvalue weighted by Crippen LogP contribution is 2.28. The summed E-state index contributed by atoms with van der Waals surface area (Å²) in [6, 6.07) is 4.75. The van der Waals surface area contributed by atoms with Gasteiger partial charge in [-0.05, 0) is 39.0 Å². The summed E-state index contributed by atoms with van der Waals surface area (Å²) in [5.74, 6) is -0.373. The van der Waals surface area contributed by atoms with Crippen molar-refractivity contribution >= 4 is 23.6 Å². The molecule has 3 rings (SSSR count). The number of nitrogens with zero attached hydrogens (tertiary/aromatic N) is 2. The van der Waals surface area contributed by atoms with Crippen molar-refractivity contribution in [2.24, 2.45) is 0 Å². The molecule has 8 nitrogen and oxygen atoms in total. The molecule has 1 unspecified atom stereocenters. The van der Waals surface area contributed by atoms with Crippen molar-refractivity contribution in [2.75, 3.05) is 49.1 Å². The van der Waals surface area contributed by atoms with Gasteiger partial charge in [0.15, 0.2) is 0 Å². The lowest BCUT2D eigenvalue weighted by molar-refractivity contribution is 0.0496. The topological polar surface area (TPSA) is 83.1 Å². The van der Waals surface area contributed by atoms with E-state index in [-0.39, 0.29) is 18.9 Å². The first-order valence-corrected chi connectivity index (χ1v) is 9.43. The molecular formula is C19H27FN4O4. The summed E-state index contributed by atoms with van der Waals surface area (Å²) in [7, 11) is 0. The Kier molecular flexibility index (Phi) is 5.93. The van der Waals surface area contributed by atoms with Crippen molar-refractivity contribution in [3.8, 4) is 0 Å². The number of nitrogens with one attached hydrogen (secondary N) is 2. The van der Waals surface area contributed by atoms with E-state index in [4.69, 9.17) is 9.47 Å². The van der Waals surface area contributed by atoms with E-state index in [1.807, 2.05) is 4.90 Å². The zero-order chi connectivity index (χ0) is 20.3. The van der Waals surface area contributed by atoms with Gasteiger partial charge < -0.3 is 25.0 Å². The predicted molar refractivity (Wildman–Crippen MR) is 103 cm³/mol. The van der Waals surface area contributed by atoms with Crippen molar-refractivity contribution in [1.82, 2.24) is 10.6 Å². The Morgan fingerprint density at radius 3 is 2.71 bits per heavy atom. The van der Waals surface area contributed by atoms with E-state index in [9.17, 15) is 14.0 Å². The largest absolute Gasteiger partial charge is 0.444 e. The Balaban J connectivity index is 1.59. The summed E-state index contributed by atoms with van der Waals surface area (Å²) in [6.07, 6.45) is -1.67. The maximum Gasteiger partial charge on any atom is 0.414 e. The molecule has 0 aliphatic carbocycles. The average molecular weight is 394 g/mol. The maximum absolute atomic E-state index is 14.6. The highest BCUT2D eigenvalue weighted by molar-refractivity contribution is 5.90. The van der Waals surface area contributed by atoms with Crippen LogP contribution in [0.25, 0.3) is 0 Å². The molecule has 28 heavy (non-hydrogen) atoms. The first kappa shape index (κ1) is 20.2. The van der Waals surface area contributed by atoms with Gasteiger partial charge in [-0.3, -0.25) is 4.90 Å². The number of cyclic esters (lactones) is 1. The molecule has 2 fully saturated rings. The smallest absolute Gasteiger partial charge is 0.414 e. The Morgan fingerprint density at radius 1 is 1.36 bits per heavy atom. The van der Waals surface area contributed by atoms with Crippen molar-refractivity contribution in [3.05, 3.63) is 24.0 Å². The number of rotatable bonds is 4. The number of carbonyl (C=O) groups excluding carboxylic acids is 2. The Labute approximate surface area is 163 Å². The zero-order valence-electron chi connectivity index (χ0n) is 16.5. The molecule has 1 aromatic carbocycles. The Morgan fingerprint density at radius 2 is 2.07 bits per heavy atom. The number of anilines is 2. The van der Waals surface area contributed by atoms with Gasteiger partial charge in [0.25, 0.3) is 0 Å². The summed E-state index contributed by atoms with van der Waals surface area (Å²) in [6.45, 7) is 8.74. The van der Waals surface area contributed by atoms with Crippen molar-refractivity contribution in [3.63, 3.8) is 0 Å². The SMILES string of the molecule is CC(C)(C)OC(=O)NCC1CN(c2ccc(N3CCNCC3)c(F)c2)C(=O)O1. The van der Waals surface area contributed by atoms with Crippen LogP contribution in [0, 0.1) is 5.82 Å². The summed E-state index contributed by atoms with van der Waals surface area (Å²) in [5.41, 5.74) is 0.355. The van der Waals surface area contributed by atoms with Crippen molar-refractivity contribution in [1.29, 1.82) is 0 Å². The molecule has 154 valence electrons. The molecule has 2 saturated heterocycles. The van der Waals surface area contributed by atoms with Gasteiger partial charge in [0.05, 0.1) is 24.5 Å². The van der Waals surface area contributed by atoms with Crippen LogP contribution in [0.15, 0.2) is 18.2 Å². The van der Waals surface area contributed by atoms with Crippen LogP contribution in [0.4, 0.5) is 25.4 Å². The van der Waals surface area contributed by atoms with Crippen LogP contribution < -0.4 is 20.4 Å². The van der Waals surface area contributed by atoms with Crippen LogP contribution in [-0.2, 0) is 9.47 Å². The fourth-order valence-electron chi connectivity index (χ4n) is 3.18. The van der Waals surface area contributed by atoms with Crippen molar-refractivity contribution < 1.29 is 23.5 Å². The van der Waals surface area contributed by atoms with Gasteiger partial charge in [-0.15, -0.1) is 0 Å². The molecule has 1 aromatic rings. The van der Waals surface area contributed by atoms with E-state index in [0.717, 1.165) is 26.2 Å². The van der Waals surface area contributed by atoms with Gasteiger partial charge in [0, 0.05) is 26.2 Å². The third kappa shape index (κ3) is 5.03. The molecule has 2 aliphatic heterocycles. The normalized spacial score (nSPS) is 20.1. The third-order valence-corrected chi connectivity index (χ3v) is 4.45. The van der Waals surface area contributed by atoms with E-state index in [1.165, 1.54) is 11.0 Å². The van der Waals surface area contributed by atoms with Gasteiger partial charge in [-0.1, -0.05) is 0 Å². The van der Waals surface area contributed by atoms with E-state index < -0.39 is 23.9 Å². The van der Waals surface area contributed by atoms with Crippen LogP contribution >= 0.6 is 0 Å². The molecule has 2 aliphatic rings. The lowest BCUT2D eigenvalue weighted by atomic mass is 10.2. The molecule has 0 spiro atoms. The number of halogens is 1. The second-order valence-electron chi connectivity index (χ2n) is 7.87. The molecule has 0 radical (unpaired) electrons. The molecular weight excluding hydrogens is 367 g/mol. The monoisotopic (exact) mass is 394 g/mol. The molecule has 0 saturated carbocycles. The van der Waals surface area contributed by atoms with Crippen LogP contribution in [0.3, 0.4) is 0 Å². The number of carbonyl (C=O) groups is 2. The number of amides is 2. The summed E-state index contributed by atoms with van der Waals surface area (Å²) in [5, 5.41) is 5.82. The second-order valence-corrected chi connectivity index (χ2v) is 7.87. The first-order chi connectivity index (χ1) is 13.2. The lowest BCUT2D eigenvalue weighted by Gasteiger charge is -2.30. The number of ether oxygens (including phenoxy) is 2. The number of benzene rings is 1. The number of hydrogen-bond donors (Lipinski definition) is 2. The number of piperazine rings is 1. The van der Waals surface area contributed by atoms with Crippen molar-refractivity contribution in [2.45, 2.75) is 32.5 Å². The third-order valence-electron chi connectivity index (χ3n) is 4.45. The highest BCUT2D eigenvalue weighted by atomic mass is 19.1. The summed E-state index contributed by atoms with van der Waals surface area (Å²) in [4.78, 5) is 27.3. The molecule has 0 bridgehead atoms. The minimum atomic E-state index is -0.605. The predicted octanol–water partition coefficient (Wildman–Crippen LogP) is 2.09. The van der Waals surface area contributed by atoms with Gasteiger partial charge in [-0.2, -0.15) is 0 Å². The van der Waals surface area contributed by atoms with Crippen LogP contribution in [0.2, 0.25) is 0 Å². The van der Waals surface area contributed by atoms with Crippen LogP contribution in [-0.4, -0.2) is 63.2 Å². The molecule has 2 N–H and O–H groups in total. The van der Waals surface area contributed by atoms with E-state index in [1.54, 1.807) is 32.9 Å². The Bertz CT molecular complexity index is 731. The van der Waals surface area contributed by atoms with Crippen LogP contribution in [0.5, 0.6) is 0 Å². The molecule has 9 heteroatoms. The quantitative estimate of drug-likeness (QED) is 0.814. The summed E-state index contributed by atoms with van der Waals surface area (Å²) < 4.78 is 25.0. The van der Waals surface area contributed by atoms with Crippen LogP contribution in [0.1, 0.15) is 20.8 Å². The molecule has 2 amide bonds. The average Bonchev–Trinajstić information content (AvgIpc) is 3.00. The zero-order valence-corrected chi connectivity index (χ0v) is 16.5. The van der Waals surface area contributed by atoms with Gasteiger partial charge in [0.1, 0.15) is 17.5 Å². The minimum Gasteiger partial charge on any atom is -0.444 e. The van der Waals surface area contributed by atoms with E-state index in [2.05, 4.69) is 10.6 Å². The number of hydrogen-bond acceptors (Lipinski definition) is 6. The number of alkyl carbamates (subject to hydrolysis) is 1. The van der Waals surface area contributed by atoms with Gasteiger partial charge in [-0.25, -0.2) is 14.0 Å². The van der Waals surface area contributed by atoms with E-state index >= 15 is 0 Å². The molecule has 2 heterocycles. The highest BCUT2D eigenvalue weighted by Gasteiger charge is 2.33. The Hall–Kier alpha value is -2.55. The van der Waals surface area contributed by atoms with Gasteiger partial charge in [0.2, 0.25) is 0 Å². The maximum atomic E-state index is 14.6. The fraction of sp³-hybridized carbons (Fsp3) is 0.579. The molecule has 1 atom stereocenters. The van der Waals surface area contributed by atoms with Gasteiger partial charge >= 0.3 is 12.2 Å². The second kappa shape index (κ2) is 8.22. The first-order valence-electron chi connectivity index (χ1n) is 9.43.